The van der Waals surface area contributed by atoms with E-state index < -0.39 is 10.0 Å². The van der Waals surface area contributed by atoms with Crippen LogP contribution >= 0.6 is 0 Å². The zero-order valence-corrected chi connectivity index (χ0v) is 15.1. The maximum atomic E-state index is 12.5. The maximum absolute atomic E-state index is 12.5. The van der Waals surface area contributed by atoms with Crippen LogP contribution in [0.25, 0.3) is 0 Å². The predicted octanol–water partition coefficient (Wildman–Crippen LogP) is 3.83. The number of aryl methyl sites for hydroxylation is 5. The Morgan fingerprint density at radius 2 is 1.43 bits per heavy atom. The normalized spacial score (nSPS) is 11.7. The molecule has 0 bridgehead atoms. The van der Waals surface area contributed by atoms with E-state index in [1.54, 1.807) is 0 Å². The fourth-order valence-corrected chi connectivity index (χ4v) is 4.44. The van der Waals surface area contributed by atoms with E-state index in [9.17, 15) is 8.42 Å². The molecule has 0 saturated carbocycles. The van der Waals surface area contributed by atoms with Gasteiger partial charge in [0.25, 0.3) is 0 Å². The molecular weight excluding hydrogens is 306 g/mol. The first-order chi connectivity index (χ1) is 10.8. The summed E-state index contributed by atoms with van der Waals surface area (Å²) in [4.78, 5) is 0.415. The van der Waals surface area contributed by atoms with Gasteiger partial charge in [0.2, 0.25) is 10.0 Å². The topological polar surface area (TPSA) is 46.2 Å². The standard InChI is InChI=1S/C19H25NO2S/c1-14-7-9-18(10-8-14)6-5-11-20-23(21,22)19-16(3)12-15(2)13-17(19)4/h7-10,12-13,20H,5-6,11H2,1-4H3. The molecule has 23 heavy (non-hydrogen) atoms. The summed E-state index contributed by atoms with van der Waals surface area (Å²) in [5, 5.41) is 0. The van der Waals surface area contributed by atoms with Crippen molar-refractivity contribution in [1.82, 2.24) is 4.72 Å². The van der Waals surface area contributed by atoms with Crippen LogP contribution in [0.15, 0.2) is 41.3 Å². The van der Waals surface area contributed by atoms with Crippen molar-refractivity contribution in [3.8, 4) is 0 Å². The van der Waals surface area contributed by atoms with Gasteiger partial charge in [0, 0.05) is 6.54 Å². The summed E-state index contributed by atoms with van der Waals surface area (Å²) in [5.74, 6) is 0. The first kappa shape index (κ1) is 17.7. The maximum Gasteiger partial charge on any atom is 0.241 e. The van der Waals surface area contributed by atoms with Crippen LogP contribution in [0, 0.1) is 27.7 Å². The molecule has 0 spiro atoms. The lowest BCUT2D eigenvalue weighted by molar-refractivity contribution is 0.577. The van der Waals surface area contributed by atoms with Crippen LogP contribution in [-0.2, 0) is 16.4 Å². The molecule has 124 valence electrons. The van der Waals surface area contributed by atoms with Crippen molar-refractivity contribution in [2.45, 2.75) is 45.4 Å². The Hall–Kier alpha value is -1.65. The van der Waals surface area contributed by atoms with Gasteiger partial charge in [0.05, 0.1) is 4.90 Å². The largest absolute Gasteiger partial charge is 0.241 e. The second-order valence-corrected chi connectivity index (χ2v) is 7.92. The predicted molar refractivity (Wildman–Crippen MR) is 95.3 cm³/mol. The number of rotatable bonds is 6. The van der Waals surface area contributed by atoms with Crippen LogP contribution in [-0.4, -0.2) is 15.0 Å². The van der Waals surface area contributed by atoms with Gasteiger partial charge in [-0.15, -0.1) is 0 Å². The van der Waals surface area contributed by atoms with Crippen LogP contribution in [0.3, 0.4) is 0 Å². The molecule has 0 amide bonds. The molecule has 0 saturated heterocycles. The third kappa shape index (κ3) is 4.66. The van der Waals surface area contributed by atoms with Crippen molar-refractivity contribution in [1.29, 1.82) is 0 Å². The summed E-state index contributed by atoms with van der Waals surface area (Å²) in [5.41, 5.74) is 5.15. The smallest absolute Gasteiger partial charge is 0.211 e. The van der Waals surface area contributed by atoms with Gasteiger partial charge in [-0.05, 0) is 57.2 Å². The van der Waals surface area contributed by atoms with E-state index in [1.165, 1.54) is 11.1 Å². The van der Waals surface area contributed by atoms with Gasteiger partial charge < -0.3 is 0 Å². The highest BCUT2D eigenvalue weighted by molar-refractivity contribution is 7.89. The molecule has 0 aliphatic carbocycles. The molecule has 0 radical (unpaired) electrons. The van der Waals surface area contributed by atoms with E-state index in [-0.39, 0.29) is 0 Å². The lowest BCUT2D eigenvalue weighted by atomic mass is 10.1. The second kappa shape index (κ2) is 7.28. The fourth-order valence-electron chi connectivity index (χ4n) is 2.92. The van der Waals surface area contributed by atoms with Crippen LogP contribution in [0.4, 0.5) is 0 Å². The Bertz CT molecular complexity index is 755. The van der Waals surface area contributed by atoms with Crippen LogP contribution in [0.2, 0.25) is 0 Å². The molecule has 1 N–H and O–H groups in total. The minimum absolute atomic E-state index is 0.415. The first-order valence-corrected chi connectivity index (χ1v) is 9.41. The van der Waals surface area contributed by atoms with E-state index in [4.69, 9.17) is 0 Å². The van der Waals surface area contributed by atoms with Gasteiger partial charge in [-0.2, -0.15) is 0 Å². The minimum atomic E-state index is -3.45. The molecule has 2 rings (SSSR count). The molecule has 2 aromatic carbocycles. The van der Waals surface area contributed by atoms with E-state index >= 15 is 0 Å². The van der Waals surface area contributed by atoms with E-state index in [2.05, 4.69) is 35.9 Å². The highest BCUT2D eigenvalue weighted by atomic mass is 32.2. The van der Waals surface area contributed by atoms with Crippen LogP contribution in [0.5, 0.6) is 0 Å². The molecule has 0 fully saturated rings. The molecule has 0 aliphatic rings. The molecule has 0 heterocycles. The minimum Gasteiger partial charge on any atom is -0.211 e. The Labute approximate surface area is 139 Å². The Balaban J connectivity index is 1.98. The van der Waals surface area contributed by atoms with Gasteiger partial charge in [-0.3, -0.25) is 0 Å². The molecule has 0 aromatic heterocycles. The van der Waals surface area contributed by atoms with Crippen LogP contribution in [0.1, 0.15) is 34.2 Å². The Morgan fingerprint density at radius 3 is 2.00 bits per heavy atom. The third-order valence-corrected chi connectivity index (χ3v) is 5.69. The first-order valence-electron chi connectivity index (χ1n) is 7.92. The van der Waals surface area contributed by atoms with Gasteiger partial charge in [0.15, 0.2) is 0 Å². The number of benzene rings is 2. The van der Waals surface area contributed by atoms with Gasteiger partial charge in [0.1, 0.15) is 0 Å². The summed E-state index contributed by atoms with van der Waals surface area (Å²) in [7, 11) is -3.45. The summed E-state index contributed by atoms with van der Waals surface area (Å²) in [6.45, 7) is 8.18. The quantitative estimate of drug-likeness (QED) is 0.818. The van der Waals surface area contributed by atoms with Crippen LogP contribution < -0.4 is 4.72 Å². The van der Waals surface area contributed by atoms with E-state index in [1.807, 2.05) is 32.9 Å². The van der Waals surface area contributed by atoms with Gasteiger partial charge in [-0.25, -0.2) is 13.1 Å². The van der Waals surface area contributed by atoms with Gasteiger partial charge in [-0.1, -0.05) is 47.5 Å². The lowest BCUT2D eigenvalue weighted by Gasteiger charge is -2.13. The zero-order valence-electron chi connectivity index (χ0n) is 14.3. The van der Waals surface area contributed by atoms with Crippen molar-refractivity contribution in [3.63, 3.8) is 0 Å². The van der Waals surface area contributed by atoms with Crippen molar-refractivity contribution in [2.75, 3.05) is 6.54 Å². The SMILES string of the molecule is Cc1ccc(CCCNS(=O)(=O)c2c(C)cc(C)cc2C)cc1. The Morgan fingerprint density at radius 1 is 0.870 bits per heavy atom. The lowest BCUT2D eigenvalue weighted by Crippen LogP contribution is -2.26. The van der Waals surface area contributed by atoms with Crippen molar-refractivity contribution in [3.05, 3.63) is 64.2 Å². The van der Waals surface area contributed by atoms with Crippen molar-refractivity contribution in [2.24, 2.45) is 0 Å². The molecule has 4 heteroatoms. The number of hydrogen-bond donors (Lipinski definition) is 1. The molecule has 3 nitrogen and oxygen atoms in total. The summed E-state index contributed by atoms with van der Waals surface area (Å²) >= 11 is 0. The average Bonchev–Trinajstić information content (AvgIpc) is 2.44. The zero-order chi connectivity index (χ0) is 17.0. The number of nitrogens with one attached hydrogen (secondary N) is 1. The molecular formula is C19H25NO2S. The third-order valence-electron chi connectivity index (χ3n) is 3.93. The molecule has 0 atom stereocenters. The number of sulfonamides is 1. The molecule has 0 unspecified atom stereocenters. The summed E-state index contributed by atoms with van der Waals surface area (Å²) in [6, 6.07) is 12.2. The van der Waals surface area contributed by atoms with Crippen molar-refractivity contribution < 1.29 is 8.42 Å². The highest BCUT2D eigenvalue weighted by Crippen LogP contribution is 2.21. The number of hydrogen-bond acceptors (Lipinski definition) is 2. The Kier molecular flexibility index (Phi) is 5.60. The molecule has 0 aliphatic heterocycles. The molecule has 2 aromatic rings. The summed E-state index contributed by atoms with van der Waals surface area (Å²) < 4.78 is 27.8. The fraction of sp³-hybridized carbons (Fsp3) is 0.368. The summed E-state index contributed by atoms with van der Waals surface area (Å²) in [6.07, 6.45) is 1.65. The van der Waals surface area contributed by atoms with Crippen molar-refractivity contribution >= 4 is 10.0 Å². The average molecular weight is 331 g/mol. The highest BCUT2D eigenvalue weighted by Gasteiger charge is 2.19. The van der Waals surface area contributed by atoms with E-state index in [0.29, 0.717) is 11.4 Å². The van der Waals surface area contributed by atoms with Gasteiger partial charge >= 0.3 is 0 Å². The van der Waals surface area contributed by atoms with E-state index in [0.717, 1.165) is 29.5 Å². The second-order valence-electron chi connectivity index (χ2n) is 6.21. The monoisotopic (exact) mass is 331 g/mol.